The first-order valence-corrected chi connectivity index (χ1v) is 6.36. The number of hydrogen-bond donors (Lipinski definition) is 2. The third-order valence-corrected chi connectivity index (χ3v) is 3.48. The molecule has 102 valence electrons. The van der Waals surface area contributed by atoms with Crippen molar-refractivity contribution in [2.75, 3.05) is 6.54 Å². The van der Waals surface area contributed by atoms with E-state index in [9.17, 15) is 19.1 Å². The van der Waals surface area contributed by atoms with Gasteiger partial charge in [-0.1, -0.05) is 15.9 Å². The number of halogens is 2. The lowest BCUT2D eigenvalue weighted by Gasteiger charge is -2.21. The molecule has 1 aromatic carbocycles. The van der Waals surface area contributed by atoms with Crippen LogP contribution in [-0.4, -0.2) is 45.7 Å². The van der Waals surface area contributed by atoms with Gasteiger partial charge in [-0.3, -0.25) is 4.79 Å². The van der Waals surface area contributed by atoms with Crippen molar-refractivity contribution >= 4 is 27.8 Å². The first-order valence-electron chi connectivity index (χ1n) is 5.57. The number of likely N-dealkylation sites (tertiary alicyclic amines) is 1. The van der Waals surface area contributed by atoms with Gasteiger partial charge in [-0.05, 0) is 18.2 Å². The highest BCUT2D eigenvalue weighted by Crippen LogP contribution is 2.23. The summed E-state index contributed by atoms with van der Waals surface area (Å²) in [7, 11) is 0. The molecule has 0 saturated carbocycles. The van der Waals surface area contributed by atoms with Crippen LogP contribution < -0.4 is 0 Å². The van der Waals surface area contributed by atoms with Gasteiger partial charge in [0.25, 0.3) is 5.91 Å². The van der Waals surface area contributed by atoms with Gasteiger partial charge < -0.3 is 15.1 Å². The number of aliphatic carboxylic acids is 1. The minimum atomic E-state index is -1.21. The number of carboxylic acid groups (broad SMARTS) is 1. The lowest BCUT2D eigenvalue weighted by molar-refractivity contribution is -0.141. The van der Waals surface area contributed by atoms with Gasteiger partial charge in [0.1, 0.15) is 11.9 Å². The number of β-amino-alcohol motifs (C(OH)–C–C–N with tert-alkyl or cyclic N) is 1. The number of carboxylic acids is 1. The summed E-state index contributed by atoms with van der Waals surface area (Å²) in [5.41, 5.74) is -0.213. The van der Waals surface area contributed by atoms with Gasteiger partial charge in [0.15, 0.2) is 0 Å². The average Bonchev–Trinajstić information content (AvgIpc) is 2.74. The van der Waals surface area contributed by atoms with Gasteiger partial charge in [0, 0.05) is 17.4 Å². The summed E-state index contributed by atoms with van der Waals surface area (Å²) in [5.74, 6) is -2.67. The molecule has 1 saturated heterocycles. The van der Waals surface area contributed by atoms with Crippen LogP contribution in [0.25, 0.3) is 0 Å². The highest BCUT2D eigenvalue weighted by atomic mass is 79.9. The van der Waals surface area contributed by atoms with Gasteiger partial charge in [-0.15, -0.1) is 0 Å². The molecular formula is C12H11BrFNO4. The predicted molar refractivity (Wildman–Crippen MR) is 67.2 cm³/mol. The number of amides is 1. The number of aliphatic hydroxyl groups is 1. The van der Waals surface area contributed by atoms with Gasteiger partial charge in [0.2, 0.25) is 0 Å². The number of aliphatic hydroxyl groups excluding tert-OH is 1. The molecule has 0 radical (unpaired) electrons. The Bertz CT molecular complexity index is 536. The topological polar surface area (TPSA) is 77.8 Å². The average molecular weight is 332 g/mol. The van der Waals surface area contributed by atoms with Gasteiger partial charge >= 0.3 is 5.97 Å². The molecule has 0 aliphatic carbocycles. The van der Waals surface area contributed by atoms with Crippen molar-refractivity contribution in [3.05, 3.63) is 34.1 Å². The molecule has 5 nitrogen and oxygen atoms in total. The van der Waals surface area contributed by atoms with E-state index in [2.05, 4.69) is 15.9 Å². The van der Waals surface area contributed by atoms with E-state index in [4.69, 9.17) is 5.11 Å². The van der Waals surface area contributed by atoms with E-state index in [0.29, 0.717) is 4.47 Å². The SMILES string of the molecule is O=C(O)[C@@H]1C[C@H](O)CN1C(=O)c1cc(Br)ccc1F. The van der Waals surface area contributed by atoms with Crippen LogP contribution in [-0.2, 0) is 4.79 Å². The Kier molecular flexibility index (Phi) is 3.86. The highest BCUT2D eigenvalue weighted by molar-refractivity contribution is 9.10. The summed E-state index contributed by atoms with van der Waals surface area (Å²) in [6, 6.07) is 2.74. The second-order valence-corrected chi connectivity index (χ2v) is 5.24. The van der Waals surface area contributed by atoms with E-state index in [1.807, 2.05) is 0 Å². The standard InChI is InChI=1S/C12H11BrFNO4/c13-6-1-2-9(14)8(3-6)11(17)15-5-7(16)4-10(15)12(18)19/h1-3,7,10,16H,4-5H2,(H,18,19)/t7-,10-/m0/s1. The molecule has 0 unspecified atom stereocenters. The van der Waals surface area contributed by atoms with Gasteiger partial charge in [0.05, 0.1) is 11.7 Å². The normalized spacial score (nSPS) is 22.6. The molecule has 7 heteroatoms. The van der Waals surface area contributed by atoms with Crippen molar-refractivity contribution < 1.29 is 24.2 Å². The van der Waals surface area contributed by atoms with E-state index in [-0.39, 0.29) is 18.5 Å². The number of hydrogen-bond acceptors (Lipinski definition) is 3. The van der Waals surface area contributed by atoms with Crippen LogP contribution in [0.2, 0.25) is 0 Å². The fraction of sp³-hybridized carbons (Fsp3) is 0.333. The Hall–Kier alpha value is -1.47. The Labute approximate surface area is 116 Å². The van der Waals surface area contributed by atoms with Crippen molar-refractivity contribution in [1.29, 1.82) is 0 Å². The summed E-state index contributed by atoms with van der Waals surface area (Å²) < 4.78 is 14.1. The van der Waals surface area contributed by atoms with Gasteiger partial charge in [-0.2, -0.15) is 0 Å². The smallest absolute Gasteiger partial charge is 0.326 e. The third kappa shape index (κ3) is 2.76. The lowest BCUT2D eigenvalue weighted by atomic mass is 10.1. The number of rotatable bonds is 2. The molecule has 0 bridgehead atoms. The number of nitrogens with zero attached hydrogens (tertiary/aromatic N) is 1. The van der Waals surface area contributed by atoms with E-state index in [1.165, 1.54) is 12.1 Å². The van der Waals surface area contributed by atoms with Crippen LogP contribution in [0, 0.1) is 5.82 Å². The van der Waals surface area contributed by atoms with E-state index >= 15 is 0 Å². The summed E-state index contributed by atoms with van der Waals surface area (Å²) in [4.78, 5) is 24.2. The largest absolute Gasteiger partial charge is 0.480 e. The van der Waals surface area contributed by atoms with Crippen LogP contribution in [0.4, 0.5) is 4.39 Å². The Morgan fingerprint density at radius 1 is 1.42 bits per heavy atom. The molecule has 1 heterocycles. The lowest BCUT2D eigenvalue weighted by Crippen LogP contribution is -2.40. The molecule has 1 aromatic rings. The fourth-order valence-corrected chi connectivity index (χ4v) is 2.45. The quantitative estimate of drug-likeness (QED) is 0.854. The molecule has 0 spiro atoms. The molecule has 1 fully saturated rings. The Balaban J connectivity index is 2.33. The van der Waals surface area contributed by atoms with E-state index in [0.717, 1.165) is 11.0 Å². The molecule has 1 amide bonds. The molecule has 1 aliphatic heterocycles. The van der Waals surface area contributed by atoms with Crippen LogP contribution in [0.5, 0.6) is 0 Å². The van der Waals surface area contributed by atoms with Crippen molar-refractivity contribution in [2.45, 2.75) is 18.6 Å². The minimum Gasteiger partial charge on any atom is -0.480 e. The zero-order chi connectivity index (χ0) is 14.2. The van der Waals surface area contributed by atoms with Crippen molar-refractivity contribution in [1.82, 2.24) is 4.90 Å². The van der Waals surface area contributed by atoms with Crippen LogP contribution in [0.15, 0.2) is 22.7 Å². The zero-order valence-corrected chi connectivity index (χ0v) is 11.3. The first-order chi connectivity index (χ1) is 8.90. The molecule has 1 aliphatic rings. The molecule has 19 heavy (non-hydrogen) atoms. The van der Waals surface area contributed by atoms with Crippen molar-refractivity contribution in [3.63, 3.8) is 0 Å². The zero-order valence-electron chi connectivity index (χ0n) is 9.72. The summed E-state index contributed by atoms with van der Waals surface area (Å²) >= 11 is 3.13. The maximum atomic E-state index is 13.6. The maximum Gasteiger partial charge on any atom is 0.326 e. The second kappa shape index (κ2) is 5.26. The molecular weight excluding hydrogens is 321 g/mol. The molecule has 2 rings (SSSR count). The Morgan fingerprint density at radius 3 is 2.74 bits per heavy atom. The number of carbonyl (C=O) groups excluding carboxylic acids is 1. The highest BCUT2D eigenvalue weighted by Gasteiger charge is 2.39. The molecule has 2 N–H and O–H groups in total. The van der Waals surface area contributed by atoms with E-state index in [1.54, 1.807) is 0 Å². The monoisotopic (exact) mass is 331 g/mol. The minimum absolute atomic E-state index is 0.0449. The fourth-order valence-electron chi connectivity index (χ4n) is 2.09. The Morgan fingerprint density at radius 2 is 2.11 bits per heavy atom. The third-order valence-electron chi connectivity index (χ3n) is 2.98. The van der Waals surface area contributed by atoms with Gasteiger partial charge in [-0.25, -0.2) is 9.18 Å². The van der Waals surface area contributed by atoms with Crippen molar-refractivity contribution in [2.24, 2.45) is 0 Å². The molecule has 0 aromatic heterocycles. The summed E-state index contributed by atoms with van der Waals surface area (Å²) in [6.07, 6.45) is -0.947. The van der Waals surface area contributed by atoms with Crippen LogP contribution >= 0.6 is 15.9 Å². The van der Waals surface area contributed by atoms with E-state index < -0.39 is 29.8 Å². The number of carbonyl (C=O) groups is 2. The molecule has 2 atom stereocenters. The van der Waals surface area contributed by atoms with Crippen LogP contribution in [0.1, 0.15) is 16.8 Å². The number of benzene rings is 1. The predicted octanol–water partition coefficient (Wildman–Crippen LogP) is 1.25. The van der Waals surface area contributed by atoms with Crippen LogP contribution in [0.3, 0.4) is 0 Å². The second-order valence-electron chi connectivity index (χ2n) is 4.33. The maximum absolute atomic E-state index is 13.6. The summed E-state index contributed by atoms with van der Waals surface area (Å²) in [5, 5.41) is 18.5. The first kappa shape index (κ1) is 14.0. The summed E-state index contributed by atoms with van der Waals surface area (Å²) in [6.45, 7) is -0.109. The van der Waals surface area contributed by atoms with Crippen molar-refractivity contribution in [3.8, 4) is 0 Å².